The van der Waals surface area contributed by atoms with Crippen molar-refractivity contribution in [3.05, 3.63) is 88.7 Å². The summed E-state index contributed by atoms with van der Waals surface area (Å²) in [7, 11) is 0. The molecular formula is C23H15BrF3N3O3. The van der Waals surface area contributed by atoms with Gasteiger partial charge in [-0.2, -0.15) is 13.2 Å². The summed E-state index contributed by atoms with van der Waals surface area (Å²) in [5.41, 5.74) is 0.171. The molecule has 2 saturated heterocycles. The van der Waals surface area contributed by atoms with Crippen molar-refractivity contribution < 1.29 is 27.6 Å². The standard InChI is InChI=1S/C23H15BrF3N3O3/c24-15-6-8-16(9-7-15)30-19(13-3-2-10-28-12-13)18-20(33-30)22(32)29(21(18)31)17-5-1-4-14(11-17)23(25,26)27/h1-12,18-20H/t18-,19+,20+/m0/s1. The van der Waals surface area contributed by atoms with Crippen LogP contribution in [0.5, 0.6) is 0 Å². The molecule has 2 aliphatic rings. The van der Waals surface area contributed by atoms with Gasteiger partial charge in [0, 0.05) is 16.9 Å². The summed E-state index contributed by atoms with van der Waals surface area (Å²) in [6.45, 7) is 0. The largest absolute Gasteiger partial charge is 0.416 e. The Morgan fingerprint density at radius 1 is 0.939 bits per heavy atom. The van der Waals surface area contributed by atoms with Crippen LogP contribution in [0.4, 0.5) is 24.5 Å². The van der Waals surface area contributed by atoms with Crippen molar-refractivity contribution in [2.45, 2.75) is 18.3 Å². The first-order valence-electron chi connectivity index (χ1n) is 9.92. The van der Waals surface area contributed by atoms with E-state index < -0.39 is 41.6 Å². The second kappa shape index (κ2) is 7.96. The molecule has 0 N–H and O–H groups in total. The van der Waals surface area contributed by atoms with Crippen molar-refractivity contribution in [3.8, 4) is 0 Å². The lowest BCUT2D eigenvalue weighted by Crippen LogP contribution is -2.37. The number of nitrogens with zero attached hydrogens (tertiary/aromatic N) is 3. The Labute approximate surface area is 194 Å². The Kier molecular flexibility index (Phi) is 5.21. The number of benzene rings is 2. The Bertz CT molecular complexity index is 1220. The summed E-state index contributed by atoms with van der Waals surface area (Å²) in [6.07, 6.45) is -2.63. The number of carbonyl (C=O) groups is 2. The average molecular weight is 518 g/mol. The Morgan fingerprint density at radius 2 is 1.70 bits per heavy atom. The summed E-state index contributed by atoms with van der Waals surface area (Å²) >= 11 is 3.37. The van der Waals surface area contributed by atoms with Gasteiger partial charge in [0.05, 0.1) is 23.0 Å². The molecule has 0 bridgehead atoms. The molecule has 0 unspecified atom stereocenters. The van der Waals surface area contributed by atoms with E-state index in [1.807, 2.05) is 0 Å². The van der Waals surface area contributed by atoms with Gasteiger partial charge in [-0.05, 0) is 54.1 Å². The summed E-state index contributed by atoms with van der Waals surface area (Å²) in [4.78, 5) is 37.6. The number of hydroxylamine groups is 1. The molecule has 10 heteroatoms. The van der Waals surface area contributed by atoms with E-state index in [4.69, 9.17) is 4.84 Å². The average Bonchev–Trinajstić information content (AvgIpc) is 3.30. The zero-order valence-corrected chi connectivity index (χ0v) is 18.3. The fraction of sp³-hybridized carbons (Fsp3) is 0.174. The molecule has 0 radical (unpaired) electrons. The van der Waals surface area contributed by atoms with Gasteiger partial charge in [-0.25, -0.2) is 9.96 Å². The second-order valence-corrected chi connectivity index (χ2v) is 8.56. The van der Waals surface area contributed by atoms with Gasteiger partial charge in [0.15, 0.2) is 6.10 Å². The number of amides is 2. The molecule has 1 aromatic heterocycles. The van der Waals surface area contributed by atoms with E-state index >= 15 is 0 Å². The fourth-order valence-corrected chi connectivity index (χ4v) is 4.46. The van der Waals surface area contributed by atoms with E-state index in [1.165, 1.54) is 17.2 Å². The molecule has 3 aromatic rings. The molecule has 5 rings (SSSR count). The summed E-state index contributed by atoms with van der Waals surface area (Å²) in [5.74, 6) is -2.30. The lowest BCUT2D eigenvalue weighted by atomic mass is 9.91. The molecule has 0 saturated carbocycles. The summed E-state index contributed by atoms with van der Waals surface area (Å²) in [6, 6.07) is 14.1. The van der Waals surface area contributed by atoms with Gasteiger partial charge < -0.3 is 0 Å². The van der Waals surface area contributed by atoms with Crippen LogP contribution in [0.2, 0.25) is 0 Å². The first kappa shape index (κ1) is 21.6. The summed E-state index contributed by atoms with van der Waals surface area (Å²) < 4.78 is 40.4. The van der Waals surface area contributed by atoms with E-state index in [-0.39, 0.29) is 5.69 Å². The third kappa shape index (κ3) is 3.68. The van der Waals surface area contributed by atoms with Crippen LogP contribution in [-0.4, -0.2) is 22.9 Å². The SMILES string of the molecule is O=C1[C@H]2[C@@H](c3cccnc3)N(c3ccc(Br)cc3)O[C@H]2C(=O)N1c1cccc(C(F)(F)F)c1. The zero-order chi connectivity index (χ0) is 23.3. The molecule has 3 heterocycles. The van der Waals surface area contributed by atoms with Gasteiger partial charge in [0.2, 0.25) is 5.91 Å². The van der Waals surface area contributed by atoms with Crippen LogP contribution in [0.1, 0.15) is 17.2 Å². The third-order valence-electron chi connectivity index (χ3n) is 5.65. The van der Waals surface area contributed by atoms with Gasteiger partial charge in [0.1, 0.15) is 5.92 Å². The highest BCUT2D eigenvalue weighted by molar-refractivity contribution is 9.10. The number of alkyl halides is 3. The normalized spacial score (nSPS) is 22.7. The monoisotopic (exact) mass is 517 g/mol. The maximum atomic E-state index is 13.5. The smallest absolute Gasteiger partial charge is 0.273 e. The topological polar surface area (TPSA) is 62.7 Å². The van der Waals surface area contributed by atoms with Crippen molar-refractivity contribution in [3.63, 3.8) is 0 Å². The predicted octanol–water partition coefficient (Wildman–Crippen LogP) is 4.91. The van der Waals surface area contributed by atoms with E-state index in [0.29, 0.717) is 11.3 Å². The molecule has 6 nitrogen and oxygen atoms in total. The van der Waals surface area contributed by atoms with Gasteiger partial charge in [0.25, 0.3) is 5.91 Å². The molecule has 0 aliphatic carbocycles. The van der Waals surface area contributed by atoms with Crippen molar-refractivity contribution in [1.82, 2.24) is 4.98 Å². The lowest BCUT2D eigenvalue weighted by Gasteiger charge is -2.28. The molecule has 168 valence electrons. The third-order valence-corrected chi connectivity index (χ3v) is 6.18. The van der Waals surface area contributed by atoms with Gasteiger partial charge in [-0.1, -0.05) is 28.1 Å². The quantitative estimate of drug-likeness (QED) is 0.461. The van der Waals surface area contributed by atoms with Crippen LogP contribution >= 0.6 is 15.9 Å². The number of halogens is 4. The van der Waals surface area contributed by atoms with Crippen LogP contribution in [0.25, 0.3) is 0 Å². The fourth-order valence-electron chi connectivity index (χ4n) is 4.19. The van der Waals surface area contributed by atoms with Gasteiger partial charge in [-0.15, -0.1) is 0 Å². The number of hydrogen-bond acceptors (Lipinski definition) is 5. The Balaban J connectivity index is 1.56. The number of fused-ring (bicyclic) bond motifs is 1. The highest BCUT2D eigenvalue weighted by Gasteiger charge is 2.60. The summed E-state index contributed by atoms with van der Waals surface area (Å²) in [5, 5.41) is 1.50. The molecule has 2 fully saturated rings. The highest BCUT2D eigenvalue weighted by atomic mass is 79.9. The van der Waals surface area contributed by atoms with Crippen molar-refractivity contribution in [2.75, 3.05) is 9.96 Å². The number of pyridine rings is 1. The van der Waals surface area contributed by atoms with E-state index in [0.717, 1.165) is 21.5 Å². The van der Waals surface area contributed by atoms with Crippen LogP contribution in [0.15, 0.2) is 77.5 Å². The first-order valence-corrected chi connectivity index (χ1v) is 10.7. The minimum absolute atomic E-state index is 0.141. The number of rotatable bonds is 3. The minimum Gasteiger partial charge on any atom is -0.273 e. The number of carbonyl (C=O) groups excluding carboxylic acids is 2. The van der Waals surface area contributed by atoms with Gasteiger partial charge >= 0.3 is 6.18 Å². The van der Waals surface area contributed by atoms with Crippen molar-refractivity contribution in [2.24, 2.45) is 5.92 Å². The van der Waals surface area contributed by atoms with E-state index in [9.17, 15) is 22.8 Å². The maximum Gasteiger partial charge on any atom is 0.416 e. The number of aromatic nitrogens is 1. The molecule has 2 amide bonds. The molecular weight excluding hydrogens is 503 g/mol. The van der Waals surface area contributed by atoms with Crippen LogP contribution in [-0.2, 0) is 20.6 Å². The molecule has 2 aromatic carbocycles. The van der Waals surface area contributed by atoms with E-state index in [1.54, 1.807) is 48.8 Å². The van der Waals surface area contributed by atoms with Crippen molar-refractivity contribution >= 4 is 39.1 Å². The van der Waals surface area contributed by atoms with Crippen LogP contribution in [0.3, 0.4) is 0 Å². The van der Waals surface area contributed by atoms with E-state index in [2.05, 4.69) is 20.9 Å². The first-order chi connectivity index (χ1) is 15.8. The second-order valence-electron chi connectivity index (χ2n) is 7.65. The van der Waals surface area contributed by atoms with Crippen LogP contribution < -0.4 is 9.96 Å². The molecule has 3 atom stereocenters. The lowest BCUT2D eigenvalue weighted by molar-refractivity contribution is -0.137. The Morgan fingerprint density at radius 3 is 2.36 bits per heavy atom. The maximum absolute atomic E-state index is 13.5. The zero-order valence-electron chi connectivity index (χ0n) is 16.7. The molecule has 33 heavy (non-hydrogen) atoms. The van der Waals surface area contributed by atoms with Crippen LogP contribution in [0, 0.1) is 5.92 Å². The highest BCUT2D eigenvalue weighted by Crippen LogP contribution is 2.47. The van der Waals surface area contributed by atoms with Gasteiger partial charge in [-0.3, -0.25) is 19.4 Å². The molecule has 2 aliphatic heterocycles. The minimum atomic E-state index is -4.61. The Hall–Kier alpha value is -3.24. The number of anilines is 2. The number of hydrogen-bond donors (Lipinski definition) is 0. The molecule has 0 spiro atoms. The number of imide groups is 1. The predicted molar refractivity (Wildman–Crippen MR) is 116 cm³/mol. The van der Waals surface area contributed by atoms with Crippen molar-refractivity contribution in [1.29, 1.82) is 0 Å².